The molecule has 0 spiro atoms. The summed E-state index contributed by atoms with van der Waals surface area (Å²) in [7, 11) is 2.68. The number of carbonyl (C=O) groups is 4. The predicted octanol–water partition coefficient (Wildman–Crippen LogP) is 0.589. The maximum atomic E-state index is 13.3. The van der Waals surface area contributed by atoms with Gasteiger partial charge in [-0.1, -0.05) is 0 Å². The number of hydrogen-bond acceptors (Lipinski definition) is 9. The average molecular weight is 428 g/mol. The lowest BCUT2D eigenvalue weighted by Crippen LogP contribution is -2.46. The second kappa shape index (κ2) is 8.31. The van der Waals surface area contributed by atoms with Crippen molar-refractivity contribution >= 4 is 35.0 Å². The Kier molecular flexibility index (Phi) is 5.55. The van der Waals surface area contributed by atoms with Crippen LogP contribution >= 0.6 is 0 Å². The second-order valence-corrected chi connectivity index (χ2v) is 7.23. The van der Waals surface area contributed by atoms with Crippen molar-refractivity contribution in [2.45, 2.75) is 19.2 Å². The number of pyridine rings is 1. The molecule has 1 aromatic carbocycles. The maximum Gasteiger partial charge on any atom is 0.338 e. The summed E-state index contributed by atoms with van der Waals surface area (Å²) in [6, 6.07) is 7.37. The molecule has 2 aromatic rings. The van der Waals surface area contributed by atoms with Gasteiger partial charge in [0.05, 0.1) is 37.9 Å². The third kappa shape index (κ3) is 3.70. The van der Waals surface area contributed by atoms with Crippen LogP contribution in [-0.2, 0) is 46.5 Å². The molecule has 3 heterocycles. The Morgan fingerprint density at radius 3 is 2.71 bits per heavy atom. The molecule has 1 fully saturated rings. The number of ether oxygens (including phenoxy) is 4. The van der Waals surface area contributed by atoms with Crippen LogP contribution in [0.25, 0.3) is 10.9 Å². The Morgan fingerprint density at radius 1 is 1.26 bits per heavy atom. The van der Waals surface area contributed by atoms with E-state index in [1.807, 2.05) is 18.2 Å². The van der Waals surface area contributed by atoms with Gasteiger partial charge in [-0.3, -0.25) is 14.6 Å². The fourth-order valence-electron chi connectivity index (χ4n) is 3.89. The largest absolute Gasteiger partial charge is 0.497 e. The third-order valence-electron chi connectivity index (χ3n) is 5.50. The Balaban J connectivity index is 1.62. The molecule has 3 unspecified atom stereocenters. The molecule has 0 radical (unpaired) electrons. The Labute approximate surface area is 177 Å². The summed E-state index contributed by atoms with van der Waals surface area (Å²) < 4.78 is 19.8. The minimum atomic E-state index is -1.54. The smallest absolute Gasteiger partial charge is 0.338 e. The van der Waals surface area contributed by atoms with Crippen LogP contribution in [0.1, 0.15) is 11.3 Å². The van der Waals surface area contributed by atoms with Crippen LogP contribution in [0.15, 0.2) is 24.3 Å². The number of fused-ring (bicyclic) bond motifs is 2. The van der Waals surface area contributed by atoms with Gasteiger partial charge >= 0.3 is 11.9 Å². The van der Waals surface area contributed by atoms with Crippen molar-refractivity contribution in [3.63, 3.8) is 0 Å². The molecule has 162 valence electrons. The van der Waals surface area contributed by atoms with Crippen LogP contribution in [0.3, 0.4) is 0 Å². The minimum Gasteiger partial charge on any atom is -0.497 e. The van der Waals surface area contributed by atoms with E-state index in [1.54, 1.807) is 13.2 Å². The first-order valence-corrected chi connectivity index (χ1v) is 9.53. The number of aldehydes is 1. The van der Waals surface area contributed by atoms with Crippen LogP contribution in [0.2, 0.25) is 0 Å². The molecule has 1 saturated heterocycles. The summed E-state index contributed by atoms with van der Waals surface area (Å²) in [6.45, 7) is 0.0135. The topological polar surface area (TPSA) is 121 Å². The first-order valence-electron chi connectivity index (χ1n) is 9.53. The van der Waals surface area contributed by atoms with Gasteiger partial charge in [-0.25, -0.2) is 4.79 Å². The zero-order chi connectivity index (χ0) is 22.1. The van der Waals surface area contributed by atoms with Gasteiger partial charge in [0.25, 0.3) is 0 Å². The molecule has 4 rings (SSSR count). The highest BCUT2D eigenvalue weighted by Gasteiger charge is 2.48. The van der Waals surface area contributed by atoms with E-state index in [2.05, 4.69) is 4.98 Å². The van der Waals surface area contributed by atoms with Crippen LogP contribution < -0.4 is 4.74 Å². The van der Waals surface area contributed by atoms with Gasteiger partial charge < -0.3 is 28.6 Å². The summed E-state index contributed by atoms with van der Waals surface area (Å²) in [6.07, 6.45) is -0.984. The Bertz CT molecular complexity index is 1070. The fraction of sp³-hybridized carbons (Fsp3) is 0.381. The number of cyclic esters (lactones) is 1. The normalized spacial score (nSPS) is 19.5. The van der Waals surface area contributed by atoms with Crippen LogP contribution in [0, 0.1) is 11.8 Å². The quantitative estimate of drug-likeness (QED) is 0.370. The molecule has 31 heavy (non-hydrogen) atoms. The number of aromatic nitrogens is 1. The molecule has 3 atom stereocenters. The first-order chi connectivity index (χ1) is 15.0. The molecule has 0 bridgehead atoms. The summed E-state index contributed by atoms with van der Waals surface area (Å²) >= 11 is 0. The molecule has 0 aliphatic carbocycles. The third-order valence-corrected chi connectivity index (χ3v) is 5.50. The highest BCUT2D eigenvalue weighted by atomic mass is 16.7. The summed E-state index contributed by atoms with van der Waals surface area (Å²) in [5.74, 6) is -4.60. The molecule has 0 saturated carbocycles. The summed E-state index contributed by atoms with van der Waals surface area (Å²) in [4.78, 5) is 55.4. The van der Waals surface area contributed by atoms with E-state index < -0.39 is 35.8 Å². The lowest BCUT2D eigenvalue weighted by atomic mass is 9.87. The molecule has 1 aromatic heterocycles. The van der Waals surface area contributed by atoms with Crippen molar-refractivity contribution in [1.82, 2.24) is 9.88 Å². The summed E-state index contributed by atoms with van der Waals surface area (Å²) in [5.41, 5.74) is 2.25. The van der Waals surface area contributed by atoms with Gasteiger partial charge in [-0.05, 0) is 29.8 Å². The molecule has 1 amide bonds. The monoisotopic (exact) mass is 428 g/mol. The number of rotatable bonds is 6. The second-order valence-electron chi connectivity index (χ2n) is 7.23. The van der Waals surface area contributed by atoms with Crippen LogP contribution in [-0.4, -0.2) is 61.1 Å². The number of methoxy groups -OCH3 is 2. The average Bonchev–Trinajstić information content (AvgIpc) is 3.40. The van der Waals surface area contributed by atoms with E-state index in [0.717, 1.165) is 23.6 Å². The van der Waals surface area contributed by atoms with Gasteiger partial charge in [0.15, 0.2) is 12.9 Å². The van der Waals surface area contributed by atoms with Gasteiger partial charge in [0, 0.05) is 11.9 Å². The molecule has 10 nitrogen and oxygen atoms in total. The maximum absolute atomic E-state index is 13.3. The molecule has 0 N–H and O–H groups in total. The van der Waals surface area contributed by atoms with E-state index in [9.17, 15) is 19.2 Å². The van der Waals surface area contributed by atoms with Crippen LogP contribution in [0.4, 0.5) is 0 Å². The van der Waals surface area contributed by atoms with Gasteiger partial charge in [-0.2, -0.15) is 0 Å². The van der Waals surface area contributed by atoms with Crippen molar-refractivity contribution in [1.29, 1.82) is 0 Å². The van der Waals surface area contributed by atoms with Crippen LogP contribution in [0.5, 0.6) is 5.75 Å². The highest BCUT2D eigenvalue weighted by Crippen LogP contribution is 2.31. The fourth-order valence-corrected chi connectivity index (χ4v) is 3.89. The Morgan fingerprint density at radius 2 is 2.06 bits per heavy atom. The molecule has 2 aliphatic heterocycles. The lowest BCUT2D eigenvalue weighted by molar-refractivity contribution is -0.161. The summed E-state index contributed by atoms with van der Waals surface area (Å²) in [5, 5.41) is 0.852. The number of benzene rings is 1. The number of hydrogen-bond donors (Lipinski definition) is 0. The zero-order valence-corrected chi connectivity index (χ0v) is 16.9. The number of carbonyl (C=O) groups excluding carboxylic acids is 4. The lowest BCUT2D eigenvalue weighted by Gasteiger charge is -2.26. The van der Waals surface area contributed by atoms with Crippen molar-refractivity contribution in [3.8, 4) is 5.75 Å². The molecular formula is C21H20N2O8. The zero-order valence-electron chi connectivity index (χ0n) is 16.9. The molecule has 10 heteroatoms. The van der Waals surface area contributed by atoms with Gasteiger partial charge in [0.1, 0.15) is 18.0 Å². The standard InChI is InChI=1S/C21H20N2O8/c1-28-13-3-4-15-11(6-13)5-12-7-23(8-16(12)22-15)19(25)17(20(26)29-2)14(9-24)18-21(27)31-10-30-18/h3-6,9,14,17-18H,7-8,10H2,1-2H3. The van der Waals surface area contributed by atoms with E-state index in [1.165, 1.54) is 4.90 Å². The van der Waals surface area contributed by atoms with E-state index in [4.69, 9.17) is 18.9 Å². The number of esters is 2. The Hall–Kier alpha value is -3.53. The predicted molar refractivity (Wildman–Crippen MR) is 103 cm³/mol. The van der Waals surface area contributed by atoms with E-state index in [-0.39, 0.29) is 19.9 Å². The van der Waals surface area contributed by atoms with Gasteiger partial charge in [-0.15, -0.1) is 0 Å². The van der Waals surface area contributed by atoms with E-state index >= 15 is 0 Å². The number of nitrogens with zero attached hydrogens (tertiary/aromatic N) is 2. The molecule has 2 aliphatic rings. The van der Waals surface area contributed by atoms with Crippen molar-refractivity contribution in [3.05, 3.63) is 35.5 Å². The van der Waals surface area contributed by atoms with Crippen molar-refractivity contribution in [2.24, 2.45) is 11.8 Å². The highest BCUT2D eigenvalue weighted by molar-refractivity contribution is 6.01. The first kappa shape index (κ1) is 20.7. The van der Waals surface area contributed by atoms with E-state index in [0.29, 0.717) is 17.7 Å². The van der Waals surface area contributed by atoms with Crippen molar-refractivity contribution < 1.29 is 38.1 Å². The van der Waals surface area contributed by atoms with Crippen molar-refractivity contribution in [2.75, 3.05) is 21.0 Å². The SMILES string of the molecule is COC(=O)C(C(=O)N1Cc2cc3cc(OC)ccc3nc2C1)C(C=O)C1OCOC1=O. The van der Waals surface area contributed by atoms with Gasteiger partial charge in [0.2, 0.25) is 5.91 Å². The number of amides is 1. The molecular weight excluding hydrogens is 408 g/mol. The minimum absolute atomic E-state index is 0.158.